The number of carbonyl (C=O) groups excluding carboxylic acids is 1. The van der Waals surface area contributed by atoms with Crippen LogP contribution in [0.3, 0.4) is 0 Å². The fourth-order valence-electron chi connectivity index (χ4n) is 2.74. The molecule has 0 atom stereocenters. The second-order valence-electron chi connectivity index (χ2n) is 6.67. The van der Waals surface area contributed by atoms with Crippen molar-refractivity contribution in [2.75, 3.05) is 36.2 Å². The minimum absolute atomic E-state index is 0.330. The van der Waals surface area contributed by atoms with Crippen molar-refractivity contribution in [3.63, 3.8) is 0 Å². The van der Waals surface area contributed by atoms with Crippen LogP contribution in [0.5, 0.6) is 0 Å². The first-order valence-electron chi connectivity index (χ1n) is 9.39. The average Bonchev–Trinajstić information content (AvgIpc) is 2.68. The lowest BCUT2D eigenvalue weighted by Gasteiger charge is -2.14. The van der Waals surface area contributed by atoms with Crippen LogP contribution in [0.2, 0.25) is 0 Å². The largest absolute Gasteiger partial charge is 0.462 e. The smallest absolute Gasteiger partial charge is 0.338 e. The highest BCUT2D eigenvalue weighted by Crippen LogP contribution is 2.22. The number of hydrogen-bond donors (Lipinski definition) is 2. The number of aryl methyl sites for hydroxylation is 1. The molecule has 0 aliphatic rings. The number of benzene rings is 2. The van der Waals surface area contributed by atoms with Gasteiger partial charge in [-0.2, -0.15) is 0 Å². The summed E-state index contributed by atoms with van der Waals surface area (Å²) in [6.45, 7) is 3.98. The monoisotopic (exact) mass is 391 g/mol. The van der Waals surface area contributed by atoms with Gasteiger partial charge in [0.05, 0.1) is 12.2 Å². The molecule has 7 heteroatoms. The quantitative estimate of drug-likeness (QED) is 0.574. The fourth-order valence-corrected chi connectivity index (χ4v) is 2.74. The molecule has 3 aromatic rings. The molecular formula is C22H25N5O2. The first-order valence-corrected chi connectivity index (χ1v) is 9.39. The van der Waals surface area contributed by atoms with E-state index in [1.54, 1.807) is 19.1 Å². The molecule has 2 N–H and O–H groups in total. The number of esters is 1. The molecule has 0 fully saturated rings. The standard InChI is InChI=1S/C22H25N5O2/c1-5-29-22(28)16-6-8-17(9-7-16)25-20-14-21(24-15(2)23-20)26-18-10-12-19(13-11-18)27(3)4/h6-14H,5H2,1-4H3,(H2,23,24,25,26). The van der Waals surface area contributed by atoms with E-state index in [-0.39, 0.29) is 5.97 Å². The Balaban J connectivity index is 1.72. The van der Waals surface area contributed by atoms with Crippen molar-refractivity contribution < 1.29 is 9.53 Å². The zero-order valence-electron chi connectivity index (χ0n) is 17.1. The van der Waals surface area contributed by atoms with E-state index in [1.807, 2.05) is 68.4 Å². The van der Waals surface area contributed by atoms with Crippen LogP contribution >= 0.6 is 0 Å². The van der Waals surface area contributed by atoms with Crippen LogP contribution in [0.1, 0.15) is 23.1 Å². The normalized spacial score (nSPS) is 10.3. The van der Waals surface area contributed by atoms with Crippen LogP contribution in [0.15, 0.2) is 54.6 Å². The maximum Gasteiger partial charge on any atom is 0.338 e. The molecule has 150 valence electrons. The topological polar surface area (TPSA) is 79.4 Å². The molecule has 0 aliphatic heterocycles. The number of ether oxygens (including phenoxy) is 1. The second kappa shape index (κ2) is 9.05. The summed E-state index contributed by atoms with van der Waals surface area (Å²) in [7, 11) is 4.01. The minimum atomic E-state index is -0.330. The van der Waals surface area contributed by atoms with Crippen molar-refractivity contribution in [2.45, 2.75) is 13.8 Å². The molecule has 1 heterocycles. The van der Waals surface area contributed by atoms with Crippen molar-refractivity contribution in [3.05, 3.63) is 66.0 Å². The van der Waals surface area contributed by atoms with Gasteiger partial charge in [-0.15, -0.1) is 0 Å². The van der Waals surface area contributed by atoms with Crippen LogP contribution in [0.25, 0.3) is 0 Å². The molecule has 0 amide bonds. The summed E-state index contributed by atoms with van der Waals surface area (Å²) in [6, 6.07) is 17.0. The van der Waals surface area contributed by atoms with Crippen molar-refractivity contribution in [1.29, 1.82) is 0 Å². The third-order valence-corrected chi connectivity index (χ3v) is 4.16. The van der Waals surface area contributed by atoms with E-state index in [9.17, 15) is 4.79 Å². The third kappa shape index (κ3) is 5.44. The predicted molar refractivity (Wildman–Crippen MR) is 117 cm³/mol. The Morgan fingerprint density at radius 2 is 1.45 bits per heavy atom. The SMILES string of the molecule is CCOC(=O)c1ccc(Nc2cc(Nc3ccc(N(C)C)cc3)nc(C)n2)cc1. The summed E-state index contributed by atoms with van der Waals surface area (Å²) in [5, 5.41) is 6.55. The van der Waals surface area contributed by atoms with Gasteiger partial charge < -0.3 is 20.3 Å². The van der Waals surface area contributed by atoms with E-state index < -0.39 is 0 Å². The zero-order chi connectivity index (χ0) is 20.8. The molecule has 1 aromatic heterocycles. The summed E-state index contributed by atoms with van der Waals surface area (Å²) in [5.74, 6) is 1.67. The summed E-state index contributed by atoms with van der Waals surface area (Å²) in [4.78, 5) is 22.7. The number of nitrogens with zero attached hydrogens (tertiary/aromatic N) is 3. The highest BCUT2D eigenvalue weighted by molar-refractivity contribution is 5.89. The van der Waals surface area contributed by atoms with E-state index in [2.05, 4.69) is 20.6 Å². The first kappa shape index (κ1) is 20.1. The van der Waals surface area contributed by atoms with Gasteiger partial charge in [0, 0.05) is 37.2 Å². The molecular weight excluding hydrogens is 366 g/mol. The Labute approximate surface area is 170 Å². The lowest BCUT2D eigenvalue weighted by molar-refractivity contribution is 0.0526. The number of hydrogen-bond acceptors (Lipinski definition) is 7. The number of anilines is 5. The lowest BCUT2D eigenvalue weighted by atomic mass is 10.2. The number of nitrogens with one attached hydrogen (secondary N) is 2. The highest BCUT2D eigenvalue weighted by Gasteiger charge is 2.07. The van der Waals surface area contributed by atoms with E-state index >= 15 is 0 Å². The summed E-state index contributed by atoms with van der Waals surface area (Å²) in [6.07, 6.45) is 0. The maximum atomic E-state index is 11.8. The van der Waals surface area contributed by atoms with Crippen molar-refractivity contribution in [2.24, 2.45) is 0 Å². The van der Waals surface area contributed by atoms with Gasteiger partial charge in [-0.3, -0.25) is 0 Å². The summed E-state index contributed by atoms with van der Waals surface area (Å²) < 4.78 is 5.00. The van der Waals surface area contributed by atoms with Gasteiger partial charge >= 0.3 is 5.97 Å². The molecule has 29 heavy (non-hydrogen) atoms. The Bertz CT molecular complexity index is 969. The molecule has 0 aliphatic carbocycles. The van der Waals surface area contributed by atoms with Crippen LogP contribution in [0.4, 0.5) is 28.7 Å². The summed E-state index contributed by atoms with van der Waals surface area (Å²) in [5.41, 5.74) is 3.40. The molecule has 7 nitrogen and oxygen atoms in total. The highest BCUT2D eigenvalue weighted by atomic mass is 16.5. The Hall–Kier alpha value is -3.61. The zero-order valence-corrected chi connectivity index (χ0v) is 17.1. The molecule has 2 aromatic carbocycles. The van der Waals surface area contributed by atoms with Crippen molar-refractivity contribution >= 4 is 34.7 Å². The average molecular weight is 391 g/mol. The number of carbonyl (C=O) groups is 1. The van der Waals surface area contributed by atoms with Gasteiger partial charge in [0.1, 0.15) is 17.5 Å². The molecule has 0 unspecified atom stereocenters. The Morgan fingerprint density at radius 3 is 1.93 bits per heavy atom. The molecule has 0 bridgehead atoms. The van der Waals surface area contributed by atoms with Gasteiger partial charge in [0.15, 0.2) is 0 Å². The minimum Gasteiger partial charge on any atom is -0.462 e. The summed E-state index contributed by atoms with van der Waals surface area (Å²) >= 11 is 0. The number of rotatable bonds is 7. The molecule has 0 saturated heterocycles. The van der Waals surface area contributed by atoms with Gasteiger partial charge in [-0.1, -0.05) is 0 Å². The van der Waals surface area contributed by atoms with E-state index in [4.69, 9.17) is 4.74 Å². The van der Waals surface area contributed by atoms with Crippen LogP contribution in [-0.2, 0) is 4.74 Å². The maximum absolute atomic E-state index is 11.8. The molecule has 0 spiro atoms. The number of aromatic nitrogens is 2. The van der Waals surface area contributed by atoms with E-state index in [0.717, 1.165) is 17.1 Å². The van der Waals surface area contributed by atoms with Crippen LogP contribution in [0, 0.1) is 6.92 Å². The van der Waals surface area contributed by atoms with Crippen molar-refractivity contribution in [3.8, 4) is 0 Å². The van der Waals surface area contributed by atoms with Crippen LogP contribution in [-0.4, -0.2) is 36.6 Å². The Morgan fingerprint density at radius 1 is 0.931 bits per heavy atom. The lowest BCUT2D eigenvalue weighted by Crippen LogP contribution is -2.08. The predicted octanol–water partition coefficient (Wildman–Crippen LogP) is 4.51. The Kier molecular flexibility index (Phi) is 6.29. The second-order valence-corrected chi connectivity index (χ2v) is 6.67. The third-order valence-electron chi connectivity index (χ3n) is 4.16. The molecule has 0 saturated carbocycles. The van der Waals surface area contributed by atoms with Gasteiger partial charge in [0.2, 0.25) is 0 Å². The van der Waals surface area contributed by atoms with E-state index in [1.165, 1.54) is 0 Å². The van der Waals surface area contributed by atoms with Gasteiger partial charge in [-0.05, 0) is 62.4 Å². The molecule has 3 rings (SSSR count). The van der Waals surface area contributed by atoms with Gasteiger partial charge in [-0.25, -0.2) is 14.8 Å². The van der Waals surface area contributed by atoms with Crippen molar-refractivity contribution in [1.82, 2.24) is 9.97 Å². The molecule has 0 radical (unpaired) electrons. The van der Waals surface area contributed by atoms with Gasteiger partial charge in [0.25, 0.3) is 0 Å². The van der Waals surface area contributed by atoms with Crippen LogP contribution < -0.4 is 15.5 Å². The first-order chi connectivity index (χ1) is 13.9. The van der Waals surface area contributed by atoms with E-state index in [0.29, 0.717) is 29.6 Å². The fraction of sp³-hybridized carbons (Fsp3) is 0.227.